The summed E-state index contributed by atoms with van der Waals surface area (Å²) in [5.41, 5.74) is 0. The lowest BCUT2D eigenvalue weighted by molar-refractivity contribution is -0.250. The lowest BCUT2D eigenvalue weighted by Gasteiger charge is -2.15. The van der Waals surface area contributed by atoms with Crippen LogP contribution >= 0.6 is 22.6 Å². The molecule has 2 atom stereocenters. The third-order valence-electron chi connectivity index (χ3n) is 1.35. The number of carbonyl (C=O) groups is 1. The summed E-state index contributed by atoms with van der Waals surface area (Å²) in [6.45, 7) is 4.07. The van der Waals surface area contributed by atoms with Gasteiger partial charge < -0.3 is 15.2 Å². The Morgan fingerprint density at radius 2 is 2.33 bits per heavy atom. The molecule has 0 spiro atoms. The van der Waals surface area contributed by atoms with Gasteiger partial charge in [-0.1, -0.05) is 35.4 Å². The molecule has 0 aliphatic carbocycles. The molecule has 1 N–H and O–H groups in total. The number of carboxylic acid groups (broad SMARTS) is 1. The van der Waals surface area contributed by atoms with Gasteiger partial charge >= 0.3 is 0 Å². The predicted molar refractivity (Wildman–Crippen MR) is 53.8 cm³/mol. The topological polar surface area (TPSA) is 52.2 Å². The lowest BCUT2D eigenvalue weighted by atomic mass is 10.1. The standard InChI is InChI=1S/C8H12INO2/c1-3-4-7(6(2)9)5-10-8(11)12/h6-7,10H,5H2,1-2H3,(H,11,12)/p-1. The van der Waals surface area contributed by atoms with E-state index in [0.717, 1.165) is 0 Å². The molecule has 0 aromatic carbocycles. The first-order chi connectivity index (χ1) is 5.57. The van der Waals surface area contributed by atoms with E-state index in [1.807, 2.05) is 6.92 Å². The van der Waals surface area contributed by atoms with Crippen LogP contribution < -0.4 is 10.4 Å². The zero-order chi connectivity index (χ0) is 9.56. The second kappa shape index (κ2) is 6.12. The predicted octanol–water partition coefficient (Wildman–Crippen LogP) is 0.382. The largest absolute Gasteiger partial charge is 0.530 e. The minimum absolute atomic E-state index is 0.0634. The van der Waals surface area contributed by atoms with Gasteiger partial charge in [-0.15, -0.1) is 5.92 Å². The van der Waals surface area contributed by atoms with Gasteiger partial charge in [0.2, 0.25) is 0 Å². The van der Waals surface area contributed by atoms with Crippen LogP contribution in [-0.2, 0) is 0 Å². The summed E-state index contributed by atoms with van der Waals surface area (Å²) in [5, 5.41) is 12.3. The molecular weight excluding hydrogens is 269 g/mol. The van der Waals surface area contributed by atoms with E-state index >= 15 is 0 Å². The molecule has 0 heterocycles. The Labute approximate surface area is 86.1 Å². The molecule has 0 aliphatic rings. The highest BCUT2D eigenvalue weighted by Gasteiger charge is 2.10. The molecule has 0 aromatic rings. The molecule has 68 valence electrons. The highest BCUT2D eigenvalue weighted by molar-refractivity contribution is 14.1. The molecule has 12 heavy (non-hydrogen) atoms. The Kier molecular flexibility index (Phi) is 5.89. The average molecular weight is 280 g/mol. The second-order valence-corrected chi connectivity index (χ2v) is 4.31. The van der Waals surface area contributed by atoms with E-state index < -0.39 is 6.09 Å². The Balaban J connectivity index is 3.93. The molecule has 0 aliphatic heterocycles. The van der Waals surface area contributed by atoms with Gasteiger partial charge in [0.25, 0.3) is 0 Å². The van der Waals surface area contributed by atoms with E-state index in [9.17, 15) is 9.90 Å². The summed E-state index contributed by atoms with van der Waals surface area (Å²) in [7, 11) is 0. The lowest BCUT2D eigenvalue weighted by Crippen LogP contribution is -2.40. The number of nitrogens with one attached hydrogen (secondary N) is 1. The van der Waals surface area contributed by atoms with E-state index in [1.165, 1.54) is 0 Å². The van der Waals surface area contributed by atoms with Crippen molar-refractivity contribution in [1.82, 2.24) is 5.32 Å². The van der Waals surface area contributed by atoms with Crippen LogP contribution in [-0.4, -0.2) is 16.6 Å². The van der Waals surface area contributed by atoms with Crippen molar-refractivity contribution in [3.63, 3.8) is 0 Å². The van der Waals surface area contributed by atoms with Crippen LogP contribution in [0.1, 0.15) is 13.8 Å². The van der Waals surface area contributed by atoms with Crippen LogP contribution in [0.4, 0.5) is 4.79 Å². The van der Waals surface area contributed by atoms with Crippen molar-refractivity contribution in [1.29, 1.82) is 0 Å². The summed E-state index contributed by atoms with van der Waals surface area (Å²) in [6.07, 6.45) is -1.24. The summed E-state index contributed by atoms with van der Waals surface area (Å²) in [4.78, 5) is 10.1. The number of hydrogen-bond acceptors (Lipinski definition) is 2. The van der Waals surface area contributed by atoms with Gasteiger partial charge in [0.15, 0.2) is 0 Å². The van der Waals surface area contributed by atoms with Gasteiger partial charge in [-0.3, -0.25) is 0 Å². The van der Waals surface area contributed by atoms with Gasteiger partial charge in [0, 0.05) is 16.4 Å². The molecular formula is C8H11INO2-. The van der Waals surface area contributed by atoms with Gasteiger partial charge in [-0.05, 0) is 6.92 Å². The monoisotopic (exact) mass is 280 g/mol. The second-order valence-electron chi connectivity index (χ2n) is 2.35. The van der Waals surface area contributed by atoms with Crippen LogP contribution in [0.5, 0.6) is 0 Å². The molecule has 3 nitrogen and oxygen atoms in total. The summed E-state index contributed by atoms with van der Waals surface area (Å²) in [6, 6.07) is 0. The van der Waals surface area contributed by atoms with Crippen molar-refractivity contribution in [2.45, 2.75) is 17.8 Å². The zero-order valence-electron chi connectivity index (χ0n) is 7.06. The van der Waals surface area contributed by atoms with E-state index in [1.54, 1.807) is 6.92 Å². The van der Waals surface area contributed by atoms with Crippen LogP contribution in [0.25, 0.3) is 0 Å². The smallest absolute Gasteiger partial charge is 0.134 e. The molecule has 4 heteroatoms. The summed E-state index contributed by atoms with van der Waals surface area (Å²) >= 11 is 2.22. The molecule has 2 unspecified atom stereocenters. The molecule has 0 fully saturated rings. The fourth-order valence-electron chi connectivity index (χ4n) is 0.707. The quantitative estimate of drug-likeness (QED) is 0.461. The molecule has 0 rings (SSSR count). The number of amides is 1. The number of rotatable bonds is 3. The Morgan fingerprint density at radius 3 is 2.67 bits per heavy atom. The minimum atomic E-state index is -1.24. The zero-order valence-corrected chi connectivity index (χ0v) is 9.21. The Hall–Kier alpha value is -0.440. The van der Waals surface area contributed by atoms with E-state index in [0.29, 0.717) is 10.5 Å². The minimum Gasteiger partial charge on any atom is -0.530 e. The molecule has 0 bridgehead atoms. The normalized spacial score (nSPS) is 13.9. The van der Waals surface area contributed by atoms with E-state index in [-0.39, 0.29) is 5.92 Å². The molecule has 0 saturated carbocycles. The van der Waals surface area contributed by atoms with Crippen LogP contribution in [0.3, 0.4) is 0 Å². The maximum atomic E-state index is 10.1. The highest BCUT2D eigenvalue weighted by atomic mass is 127. The van der Waals surface area contributed by atoms with Gasteiger partial charge in [-0.2, -0.15) is 0 Å². The van der Waals surface area contributed by atoms with Gasteiger partial charge in [0.1, 0.15) is 6.09 Å². The van der Waals surface area contributed by atoms with Crippen molar-refractivity contribution in [2.24, 2.45) is 5.92 Å². The van der Waals surface area contributed by atoms with Crippen molar-refractivity contribution in [3.8, 4) is 11.8 Å². The van der Waals surface area contributed by atoms with Crippen LogP contribution in [0.2, 0.25) is 0 Å². The number of carbonyl (C=O) groups excluding carboxylic acids is 1. The number of hydrogen-bond donors (Lipinski definition) is 1. The Morgan fingerprint density at radius 1 is 1.75 bits per heavy atom. The van der Waals surface area contributed by atoms with Crippen LogP contribution in [0.15, 0.2) is 0 Å². The van der Waals surface area contributed by atoms with Crippen molar-refractivity contribution in [2.75, 3.05) is 6.54 Å². The Bertz CT molecular complexity index is 205. The summed E-state index contributed by atoms with van der Waals surface area (Å²) in [5.74, 6) is 5.75. The average Bonchev–Trinajstić information content (AvgIpc) is 1.96. The molecule has 0 aromatic heterocycles. The van der Waals surface area contributed by atoms with Crippen molar-refractivity contribution < 1.29 is 9.90 Å². The fourth-order valence-corrected chi connectivity index (χ4v) is 1.14. The van der Waals surface area contributed by atoms with E-state index in [2.05, 4.69) is 39.7 Å². The first-order valence-corrected chi connectivity index (χ1v) is 4.83. The maximum Gasteiger partial charge on any atom is 0.134 e. The first-order valence-electron chi connectivity index (χ1n) is 3.59. The first kappa shape index (κ1) is 11.6. The van der Waals surface area contributed by atoms with Gasteiger partial charge in [-0.25, -0.2) is 0 Å². The van der Waals surface area contributed by atoms with E-state index in [4.69, 9.17) is 0 Å². The highest BCUT2D eigenvalue weighted by Crippen LogP contribution is 2.10. The molecule has 0 radical (unpaired) electrons. The van der Waals surface area contributed by atoms with Crippen molar-refractivity contribution in [3.05, 3.63) is 0 Å². The third kappa shape index (κ3) is 5.24. The van der Waals surface area contributed by atoms with Gasteiger partial charge in [0.05, 0.1) is 0 Å². The molecule has 1 amide bonds. The number of alkyl halides is 1. The summed E-state index contributed by atoms with van der Waals surface area (Å²) < 4.78 is 0.321. The number of halogens is 1. The fraction of sp³-hybridized carbons (Fsp3) is 0.625. The van der Waals surface area contributed by atoms with Crippen LogP contribution in [0, 0.1) is 17.8 Å². The maximum absolute atomic E-state index is 10.1. The van der Waals surface area contributed by atoms with Crippen molar-refractivity contribution >= 4 is 28.7 Å². The molecule has 0 saturated heterocycles. The SMILES string of the molecule is CC#CC(CNC(=O)[O-])C(C)I. The third-order valence-corrected chi connectivity index (χ3v) is 2.22.